The fraction of sp³-hybridized carbons (Fsp3) is 0.100. The number of aromatic nitrogens is 1. The number of hydrogen-bond donors (Lipinski definition) is 1. The van der Waals surface area contributed by atoms with Crippen LogP contribution < -0.4 is 51.4 Å². The van der Waals surface area contributed by atoms with E-state index in [2.05, 4.69) is 24.2 Å². The molecule has 2 nitrogen and oxygen atoms in total. The van der Waals surface area contributed by atoms with Gasteiger partial charge in [0.1, 0.15) is 0 Å². The van der Waals surface area contributed by atoms with Crippen molar-refractivity contribution in [3.8, 4) is 0 Å². The molecule has 0 aliphatic rings. The third-order valence-corrected chi connectivity index (χ3v) is 1.53. The normalized spacial score (nSPS) is 8.69. The third kappa shape index (κ3) is 3.46. The second-order valence-corrected chi connectivity index (χ2v) is 2.34. The van der Waals surface area contributed by atoms with E-state index in [-0.39, 0.29) is 58.0 Å². The number of nitrogens with zero attached hydrogens (tertiary/aromatic N) is 1. The monoisotopic (exact) mass is 199 g/mol. The van der Waals surface area contributed by atoms with Crippen LogP contribution in [0.5, 0.6) is 0 Å². The van der Waals surface area contributed by atoms with E-state index in [1.165, 1.54) is 0 Å². The fourth-order valence-electron chi connectivity index (χ4n) is 0.898. The standard InChI is InChI=1S/C10H10NO.K/c1-3-9-5-4-6-11-10(9)8(2)7-12;/h3,5-6,12H,1-2,7H2;/q-1;+1. The van der Waals surface area contributed by atoms with Crippen molar-refractivity contribution < 1.29 is 56.5 Å². The summed E-state index contributed by atoms with van der Waals surface area (Å²) in [6.07, 6.45) is 3.21. The number of aliphatic hydroxyl groups excluding tert-OH is 1. The van der Waals surface area contributed by atoms with Gasteiger partial charge in [0.25, 0.3) is 0 Å². The molecule has 0 saturated heterocycles. The molecule has 13 heavy (non-hydrogen) atoms. The summed E-state index contributed by atoms with van der Waals surface area (Å²) in [4.78, 5) is 4.03. The topological polar surface area (TPSA) is 33.1 Å². The molecule has 0 bridgehead atoms. The number of hydrogen-bond acceptors (Lipinski definition) is 2. The van der Waals surface area contributed by atoms with E-state index in [4.69, 9.17) is 5.11 Å². The minimum Gasteiger partial charge on any atom is -0.392 e. The maximum absolute atomic E-state index is 8.82. The fourth-order valence-corrected chi connectivity index (χ4v) is 0.898. The van der Waals surface area contributed by atoms with Gasteiger partial charge in [-0.1, -0.05) is 12.8 Å². The van der Waals surface area contributed by atoms with Crippen molar-refractivity contribution >= 4 is 11.6 Å². The average Bonchev–Trinajstić information content (AvgIpc) is 2.16. The van der Waals surface area contributed by atoms with Gasteiger partial charge in [-0.25, -0.2) is 12.1 Å². The Hall–Kier alpha value is 0.226. The van der Waals surface area contributed by atoms with Crippen LogP contribution in [0.4, 0.5) is 0 Å². The Morgan fingerprint density at radius 3 is 2.92 bits per heavy atom. The summed E-state index contributed by atoms with van der Waals surface area (Å²) in [5.74, 6) is 0. The van der Waals surface area contributed by atoms with Gasteiger partial charge in [-0.2, -0.15) is 0 Å². The average molecular weight is 199 g/mol. The Kier molecular flexibility index (Phi) is 6.76. The first-order chi connectivity index (χ1) is 5.79. The Morgan fingerprint density at radius 2 is 2.38 bits per heavy atom. The third-order valence-electron chi connectivity index (χ3n) is 1.53. The summed E-state index contributed by atoms with van der Waals surface area (Å²) in [6.45, 7) is 7.22. The van der Waals surface area contributed by atoms with Crippen LogP contribution in [-0.2, 0) is 0 Å². The molecule has 0 atom stereocenters. The predicted octanol–water partition coefficient (Wildman–Crippen LogP) is -1.47. The number of pyridine rings is 1. The predicted molar refractivity (Wildman–Crippen MR) is 49.3 cm³/mol. The molecular weight excluding hydrogens is 189 g/mol. The van der Waals surface area contributed by atoms with Crippen LogP contribution in [0.1, 0.15) is 11.3 Å². The van der Waals surface area contributed by atoms with Gasteiger partial charge in [-0.15, -0.1) is 18.2 Å². The van der Waals surface area contributed by atoms with Crippen molar-refractivity contribution in [1.29, 1.82) is 0 Å². The Balaban J connectivity index is 0.00000144. The van der Waals surface area contributed by atoms with E-state index in [9.17, 15) is 0 Å². The summed E-state index contributed by atoms with van der Waals surface area (Å²) in [6, 6.07) is 4.59. The van der Waals surface area contributed by atoms with E-state index in [0.29, 0.717) is 11.3 Å². The Labute approximate surface area is 121 Å². The minimum absolute atomic E-state index is 0. The van der Waals surface area contributed by atoms with Crippen molar-refractivity contribution in [1.82, 2.24) is 4.98 Å². The van der Waals surface area contributed by atoms with Gasteiger partial charge in [0, 0.05) is 0 Å². The van der Waals surface area contributed by atoms with Crippen LogP contribution in [0, 0.1) is 6.07 Å². The molecule has 1 rings (SSSR count). The summed E-state index contributed by atoms with van der Waals surface area (Å²) in [5.41, 5.74) is 2.13. The van der Waals surface area contributed by atoms with Crippen LogP contribution in [0.15, 0.2) is 25.4 Å². The van der Waals surface area contributed by atoms with Crippen molar-refractivity contribution in [3.63, 3.8) is 0 Å². The van der Waals surface area contributed by atoms with Gasteiger partial charge in [-0.05, 0) is 11.3 Å². The van der Waals surface area contributed by atoms with Crippen molar-refractivity contribution in [2.24, 2.45) is 0 Å². The molecule has 0 unspecified atom stereocenters. The first-order valence-electron chi connectivity index (χ1n) is 3.57. The van der Waals surface area contributed by atoms with Gasteiger partial charge in [0.05, 0.1) is 6.61 Å². The summed E-state index contributed by atoms with van der Waals surface area (Å²) < 4.78 is 0. The van der Waals surface area contributed by atoms with Gasteiger partial charge in [0.15, 0.2) is 0 Å². The van der Waals surface area contributed by atoms with Crippen LogP contribution in [0.3, 0.4) is 0 Å². The van der Waals surface area contributed by atoms with Gasteiger partial charge >= 0.3 is 51.4 Å². The largest absolute Gasteiger partial charge is 1.00 e. The first kappa shape index (κ1) is 13.2. The zero-order valence-electron chi connectivity index (χ0n) is 7.75. The second kappa shape index (κ2) is 6.65. The summed E-state index contributed by atoms with van der Waals surface area (Å²) in [5, 5.41) is 8.82. The van der Waals surface area contributed by atoms with Crippen LogP contribution in [0.2, 0.25) is 0 Å². The number of rotatable bonds is 3. The van der Waals surface area contributed by atoms with Crippen LogP contribution in [0.25, 0.3) is 11.6 Å². The molecule has 62 valence electrons. The molecule has 3 heteroatoms. The first-order valence-corrected chi connectivity index (χ1v) is 3.57. The molecule has 0 aliphatic carbocycles. The van der Waals surface area contributed by atoms with Crippen LogP contribution >= 0.6 is 0 Å². The molecule has 1 aromatic heterocycles. The summed E-state index contributed by atoms with van der Waals surface area (Å²) in [7, 11) is 0. The van der Waals surface area contributed by atoms with Gasteiger partial charge in [-0.3, -0.25) is 4.98 Å². The zero-order valence-corrected chi connectivity index (χ0v) is 10.9. The molecule has 1 heterocycles. The molecule has 1 aromatic rings. The smallest absolute Gasteiger partial charge is 0.392 e. The maximum Gasteiger partial charge on any atom is 1.00 e. The number of aliphatic hydroxyl groups is 1. The van der Waals surface area contributed by atoms with Crippen molar-refractivity contribution in [2.45, 2.75) is 0 Å². The second-order valence-electron chi connectivity index (χ2n) is 2.34. The van der Waals surface area contributed by atoms with Gasteiger partial charge in [0.2, 0.25) is 0 Å². The molecule has 0 amide bonds. The maximum atomic E-state index is 8.82. The molecule has 0 aliphatic heterocycles. The molecule has 0 fully saturated rings. The van der Waals surface area contributed by atoms with Crippen LogP contribution in [-0.4, -0.2) is 16.7 Å². The van der Waals surface area contributed by atoms with E-state index in [0.717, 1.165) is 5.56 Å². The van der Waals surface area contributed by atoms with Gasteiger partial charge < -0.3 is 5.11 Å². The van der Waals surface area contributed by atoms with Crippen molar-refractivity contribution in [3.05, 3.63) is 42.7 Å². The zero-order chi connectivity index (χ0) is 8.97. The molecular formula is C10H10KNO. The molecule has 0 saturated carbocycles. The van der Waals surface area contributed by atoms with E-state index in [1.807, 2.05) is 0 Å². The van der Waals surface area contributed by atoms with E-state index >= 15 is 0 Å². The Bertz CT molecular complexity index is 310. The quantitative estimate of drug-likeness (QED) is 0.476. The molecule has 1 N–H and O–H groups in total. The molecule has 0 aromatic carbocycles. The van der Waals surface area contributed by atoms with E-state index < -0.39 is 0 Å². The van der Waals surface area contributed by atoms with Crippen molar-refractivity contribution in [2.75, 3.05) is 6.61 Å². The minimum atomic E-state index is -0.0855. The molecule has 0 spiro atoms. The summed E-state index contributed by atoms with van der Waals surface area (Å²) >= 11 is 0. The van der Waals surface area contributed by atoms with E-state index in [1.54, 1.807) is 18.3 Å². The molecule has 0 radical (unpaired) electrons. The Morgan fingerprint density at radius 1 is 1.69 bits per heavy atom. The SMILES string of the molecule is C=Cc1c[c-]cnc1C(=C)CO.[K+].